The van der Waals surface area contributed by atoms with E-state index in [-0.39, 0.29) is 0 Å². The average Bonchev–Trinajstić information content (AvgIpc) is 2.43. The molecule has 1 fully saturated rings. The molecule has 114 valence electrons. The molecule has 1 N–H and O–H groups in total. The molecule has 5 heteroatoms. The zero-order chi connectivity index (χ0) is 13.8. The summed E-state index contributed by atoms with van der Waals surface area (Å²) in [5, 5.41) is 3.48. The molecule has 0 aromatic rings. The van der Waals surface area contributed by atoms with Crippen molar-refractivity contribution in [3.8, 4) is 0 Å². The number of methoxy groups -OCH3 is 1. The van der Waals surface area contributed by atoms with Crippen molar-refractivity contribution in [3.05, 3.63) is 0 Å². The number of ether oxygens (including phenoxy) is 3. The molecule has 0 saturated carbocycles. The smallest absolute Gasteiger partial charge is 0.0701 e. The predicted octanol–water partition coefficient (Wildman–Crippen LogP) is 0.597. The Hall–Kier alpha value is -0.200. The van der Waals surface area contributed by atoms with Gasteiger partial charge in [-0.1, -0.05) is 0 Å². The van der Waals surface area contributed by atoms with Gasteiger partial charge in [0.2, 0.25) is 0 Å². The predicted molar refractivity (Wildman–Crippen MR) is 76.6 cm³/mol. The van der Waals surface area contributed by atoms with E-state index in [1.807, 2.05) is 0 Å². The Balaban J connectivity index is 1.76. The highest BCUT2D eigenvalue weighted by atomic mass is 16.5. The van der Waals surface area contributed by atoms with Gasteiger partial charge in [0.1, 0.15) is 0 Å². The van der Waals surface area contributed by atoms with Crippen LogP contribution in [0.1, 0.15) is 12.8 Å². The number of rotatable bonds is 11. The lowest BCUT2D eigenvalue weighted by atomic mass is 9.97. The Morgan fingerprint density at radius 3 is 2.32 bits per heavy atom. The topological polar surface area (TPSA) is 43.0 Å². The molecule has 0 amide bonds. The Labute approximate surface area is 117 Å². The normalized spacial score (nSPS) is 18.0. The van der Waals surface area contributed by atoms with Crippen molar-refractivity contribution >= 4 is 0 Å². The molecular formula is C14H30N2O3. The lowest BCUT2D eigenvalue weighted by molar-refractivity contribution is 0.0254. The minimum Gasteiger partial charge on any atom is -0.382 e. The number of nitrogens with zero attached hydrogens (tertiary/aromatic N) is 1. The number of piperidine rings is 1. The number of nitrogens with one attached hydrogen (secondary N) is 1. The molecule has 0 atom stereocenters. The van der Waals surface area contributed by atoms with E-state index in [2.05, 4.69) is 17.3 Å². The van der Waals surface area contributed by atoms with Gasteiger partial charge in [0.25, 0.3) is 0 Å². The molecule has 1 saturated heterocycles. The zero-order valence-corrected chi connectivity index (χ0v) is 12.5. The number of hydrogen-bond acceptors (Lipinski definition) is 5. The first-order chi connectivity index (χ1) is 9.33. The fraction of sp³-hybridized carbons (Fsp3) is 1.00. The maximum absolute atomic E-state index is 5.48. The van der Waals surface area contributed by atoms with Crippen LogP contribution < -0.4 is 5.32 Å². The molecule has 0 unspecified atom stereocenters. The van der Waals surface area contributed by atoms with Crippen molar-refractivity contribution in [2.24, 2.45) is 5.92 Å². The third-order valence-electron chi connectivity index (χ3n) is 3.50. The van der Waals surface area contributed by atoms with Crippen molar-refractivity contribution in [1.82, 2.24) is 10.2 Å². The van der Waals surface area contributed by atoms with Crippen LogP contribution in [0, 0.1) is 5.92 Å². The van der Waals surface area contributed by atoms with E-state index in [1.165, 1.54) is 25.9 Å². The Kier molecular flexibility index (Phi) is 10.3. The monoisotopic (exact) mass is 274 g/mol. The SMILES string of the molecule is COCCOCCOCCNCC1CCN(C)CC1. The van der Waals surface area contributed by atoms with Crippen molar-refractivity contribution in [1.29, 1.82) is 0 Å². The Bertz CT molecular complexity index is 197. The van der Waals surface area contributed by atoms with Crippen LogP contribution in [0.4, 0.5) is 0 Å². The molecule has 19 heavy (non-hydrogen) atoms. The average molecular weight is 274 g/mol. The summed E-state index contributed by atoms with van der Waals surface area (Å²) < 4.78 is 15.7. The van der Waals surface area contributed by atoms with Gasteiger partial charge in [-0.3, -0.25) is 0 Å². The molecule has 0 spiro atoms. The van der Waals surface area contributed by atoms with Crippen molar-refractivity contribution in [2.45, 2.75) is 12.8 Å². The molecule has 1 heterocycles. The number of likely N-dealkylation sites (tertiary alicyclic amines) is 1. The zero-order valence-electron chi connectivity index (χ0n) is 12.5. The molecule has 1 aliphatic heterocycles. The van der Waals surface area contributed by atoms with Crippen molar-refractivity contribution < 1.29 is 14.2 Å². The van der Waals surface area contributed by atoms with E-state index in [4.69, 9.17) is 14.2 Å². The van der Waals surface area contributed by atoms with Crippen LogP contribution in [0.25, 0.3) is 0 Å². The first-order valence-electron chi connectivity index (χ1n) is 7.36. The van der Waals surface area contributed by atoms with Crippen LogP contribution in [0.15, 0.2) is 0 Å². The first kappa shape index (κ1) is 16.9. The van der Waals surface area contributed by atoms with E-state index in [1.54, 1.807) is 7.11 Å². The van der Waals surface area contributed by atoms with E-state index < -0.39 is 0 Å². The second-order valence-electron chi connectivity index (χ2n) is 5.17. The van der Waals surface area contributed by atoms with E-state index in [0.717, 1.165) is 25.6 Å². The number of hydrogen-bond donors (Lipinski definition) is 1. The summed E-state index contributed by atoms with van der Waals surface area (Å²) >= 11 is 0. The van der Waals surface area contributed by atoms with Gasteiger partial charge in [0, 0.05) is 13.7 Å². The lowest BCUT2D eigenvalue weighted by Crippen LogP contribution is -2.35. The fourth-order valence-corrected chi connectivity index (χ4v) is 2.18. The van der Waals surface area contributed by atoms with Crippen LogP contribution in [0.3, 0.4) is 0 Å². The summed E-state index contributed by atoms with van der Waals surface area (Å²) in [5.74, 6) is 0.841. The lowest BCUT2D eigenvalue weighted by Gasteiger charge is -2.29. The summed E-state index contributed by atoms with van der Waals surface area (Å²) in [6, 6.07) is 0. The maximum Gasteiger partial charge on any atom is 0.0701 e. The van der Waals surface area contributed by atoms with Crippen molar-refractivity contribution in [3.63, 3.8) is 0 Å². The highest BCUT2D eigenvalue weighted by molar-refractivity contribution is 4.71. The van der Waals surface area contributed by atoms with Crippen LogP contribution in [0.2, 0.25) is 0 Å². The second kappa shape index (κ2) is 11.6. The Morgan fingerprint density at radius 2 is 1.63 bits per heavy atom. The molecule has 0 aromatic heterocycles. The van der Waals surface area contributed by atoms with Gasteiger partial charge in [0.15, 0.2) is 0 Å². The first-order valence-corrected chi connectivity index (χ1v) is 7.36. The fourth-order valence-electron chi connectivity index (χ4n) is 2.18. The van der Waals surface area contributed by atoms with Crippen LogP contribution >= 0.6 is 0 Å². The molecule has 5 nitrogen and oxygen atoms in total. The third kappa shape index (κ3) is 9.35. The summed E-state index contributed by atoms with van der Waals surface area (Å²) in [6.07, 6.45) is 2.63. The van der Waals surface area contributed by atoms with Gasteiger partial charge in [-0.05, 0) is 45.4 Å². The van der Waals surface area contributed by atoms with E-state index in [9.17, 15) is 0 Å². The van der Waals surface area contributed by atoms with E-state index in [0.29, 0.717) is 26.4 Å². The molecular weight excluding hydrogens is 244 g/mol. The second-order valence-corrected chi connectivity index (χ2v) is 5.17. The maximum atomic E-state index is 5.48. The molecule has 1 rings (SSSR count). The summed E-state index contributed by atoms with van der Waals surface area (Å²) in [6.45, 7) is 7.92. The minimum atomic E-state index is 0.647. The molecule has 1 aliphatic rings. The van der Waals surface area contributed by atoms with E-state index >= 15 is 0 Å². The molecule has 0 aliphatic carbocycles. The molecule has 0 radical (unpaired) electrons. The van der Waals surface area contributed by atoms with Crippen LogP contribution in [-0.2, 0) is 14.2 Å². The summed E-state index contributed by atoms with van der Waals surface area (Å²) in [7, 11) is 3.88. The van der Waals surface area contributed by atoms with Crippen LogP contribution in [-0.4, -0.2) is 78.3 Å². The van der Waals surface area contributed by atoms with Gasteiger partial charge >= 0.3 is 0 Å². The van der Waals surface area contributed by atoms with Gasteiger partial charge in [-0.2, -0.15) is 0 Å². The van der Waals surface area contributed by atoms with Gasteiger partial charge < -0.3 is 24.4 Å². The quantitative estimate of drug-likeness (QED) is 0.559. The summed E-state index contributed by atoms with van der Waals surface area (Å²) in [5.41, 5.74) is 0. The summed E-state index contributed by atoms with van der Waals surface area (Å²) in [4.78, 5) is 2.41. The standard InChI is InChI=1S/C14H30N2O3/c1-16-6-3-14(4-7-16)13-15-5-8-18-11-12-19-10-9-17-2/h14-15H,3-13H2,1-2H3. The van der Waals surface area contributed by atoms with Gasteiger partial charge in [0.05, 0.1) is 33.0 Å². The minimum absolute atomic E-state index is 0.647. The van der Waals surface area contributed by atoms with Gasteiger partial charge in [-0.25, -0.2) is 0 Å². The van der Waals surface area contributed by atoms with Crippen LogP contribution in [0.5, 0.6) is 0 Å². The molecule has 0 bridgehead atoms. The highest BCUT2D eigenvalue weighted by Gasteiger charge is 2.15. The third-order valence-corrected chi connectivity index (χ3v) is 3.50. The Morgan fingerprint density at radius 1 is 1.00 bits per heavy atom. The molecule has 0 aromatic carbocycles. The highest BCUT2D eigenvalue weighted by Crippen LogP contribution is 2.14. The van der Waals surface area contributed by atoms with Crippen molar-refractivity contribution in [2.75, 3.05) is 73.4 Å². The van der Waals surface area contributed by atoms with Gasteiger partial charge in [-0.15, -0.1) is 0 Å². The largest absolute Gasteiger partial charge is 0.382 e.